The quantitative estimate of drug-likeness (QED) is 0.762. The first-order valence-electron chi connectivity index (χ1n) is 6.30. The van der Waals surface area contributed by atoms with E-state index in [1.807, 2.05) is 11.8 Å². The summed E-state index contributed by atoms with van der Waals surface area (Å²) in [4.78, 5) is 6.87. The topological polar surface area (TPSA) is 27.6 Å². The molecule has 4 heteroatoms. The minimum absolute atomic E-state index is 0.422. The third-order valence-electron chi connectivity index (χ3n) is 3.44. The van der Waals surface area contributed by atoms with E-state index in [9.17, 15) is 0 Å². The molecule has 0 aromatic rings. The number of amidine groups is 1. The van der Waals surface area contributed by atoms with Crippen LogP contribution in [-0.4, -0.2) is 48.5 Å². The van der Waals surface area contributed by atoms with E-state index in [2.05, 4.69) is 29.3 Å². The van der Waals surface area contributed by atoms with Crippen LogP contribution in [0.25, 0.3) is 0 Å². The maximum Gasteiger partial charge on any atom is 0.157 e. The van der Waals surface area contributed by atoms with Crippen LogP contribution in [0.4, 0.5) is 0 Å². The van der Waals surface area contributed by atoms with Crippen LogP contribution in [-0.2, 0) is 0 Å². The Morgan fingerprint density at radius 2 is 2.12 bits per heavy atom. The number of hydrogen-bond acceptors (Lipinski definition) is 3. The smallest absolute Gasteiger partial charge is 0.157 e. The average Bonchev–Trinajstić information content (AvgIpc) is 2.85. The maximum atomic E-state index is 4.66. The number of aliphatic imine (C=N–C) groups is 1. The van der Waals surface area contributed by atoms with Gasteiger partial charge in [0.1, 0.15) is 0 Å². The zero-order chi connectivity index (χ0) is 11.4. The SMILES string of the molecule is CN(C)CCCN=C1NC2(CCCC2)CS1. The second-order valence-corrected chi connectivity index (χ2v) is 6.21. The lowest BCUT2D eigenvalue weighted by Crippen LogP contribution is -2.40. The number of nitrogens with zero attached hydrogens (tertiary/aromatic N) is 2. The molecule has 1 saturated heterocycles. The summed E-state index contributed by atoms with van der Waals surface area (Å²) < 4.78 is 0. The average molecular weight is 241 g/mol. The van der Waals surface area contributed by atoms with Gasteiger partial charge in [-0.05, 0) is 39.9 Å². The van der Waals surface area contributed by atoms with Crippen molar-refractivity contribution in [3.63, 3.8) is 0 Å². The predicted molar refractivity (Wildman–Crippen MR) is 72.3 cm³/mol. The predicted octanol–water partition coefficient (Wildman–Crippen LogP) is 1.94. The summed E-state index contributed by atoms with van der Waals surface area (Å²) in [5, 5.41) is 4.85. The molecule has 0 amide bonds. The molecule has 2 fully saturated rings. The third kappa shape index (κ3) is 3.14. The van der Waals surface area contributed by atoms with Crippen molar-refractivity contribution in [1.82, 2.24) is 10.2 Å². The summed E-state index contributed by atoms with van der Waals surface area (Å²) in [5.41, 5.74) is 0.422. The normalized spacial score (nSPS) is 25.8. The van der Waals surface area contributed by atoms with Gasteiger partial charge in [0.25, 0.3) is 0 Å². The second kappa shape index (κ2) is 5.41. The lowest BCUT2D eigenvalue weighted by Gasteiger charge is -2.21. The van der Waals surface area contributed by atoms with E-state index in [1.165, 1.54) is 36.6 Å². The first-order chi connectivity index (χ1) is 7.70. The molecular formula is C12H23N3S. The number of thioether (sulfide) groups is 1. The third-order valence-corrected chi connectivity index (χ3v) is 4.64. The summed E-state index contributed by atoms with van der Waals surface area (Å²) in [5.74, 6) is 1.24. The Labute approximate surface area is 103 Å². The molecule has 2 rings (SSSR count). The summed E-state index contributed by atoms with van der Waals surface area (Å²) in [6.07, 6.45) is 6.63. The minimum Gasteiger partial charge on any atom is -0.359 e. The highest BCUT2D eigenvalue weighted by atomic mass is 32.2. The van der Waals surface area contributed by atoms with Crippen LogP contribution in [0.3, 0.4) is 0 Å². The molecular weight excluding hydrogens is 218 g/mol. The van der Waals surface area contributed by atoms with Gasteiger partial charge in [-0.2, -0.15) is 0 Å². The standard InChI is InChI=1S/C12H23N3S/c1-15(2)9-5-8-13-11-14-12(10-16-11)6-3-4-7-12/h3-10H2,1-2H3,(H,13,14). The van der Waals surface area contributed by atoms with Gasteiger partial charge in [0.05, 0.1) is 0 Å². The molecule has 92 valence electrons. The highest BCUT2D eigenvalue weighted by molar-refractivity contribution is 8.14. The fourth-order valence-electron chi connectivity index (χ4n) is 2.48. The molecule has 1 spiro atoms. The molecule has 1 aliphatic carbocycles. The summed E-state index contributed by atoms with van der Waals surface area (Å²) >= 11 is 1.92. The van der Waals surface area contributed by atoms with Crippen molar-refractivity contribution in [1.29, 1.82) is 0 Å². The van der Waals surface area contributed by atoms with Gasteiger partial charge in [0.15, 0.2) is 5.17 Å². The number of hydrogen-bond donors (Lipinski definition) is 1. The van der Waals surface area contributed by atoms with Crippen LogP contribution in [0.2, 0.25) is 0 Å². The maximum absolute atomic E-state index is 4.66. The van der Waals surface area contributed by atoms with E-state index in [0.29, 0.717) is 5.54 Å². The van der Waals surface area contributed by atoms with Gasteiger partial charge in [-0.25, -0.2) is 0 Å². The van der Waals surface area contributed by atoms with Gasteiger partial charge in [0.2, 0.25) is 0 Å². The molecule has 1 saturated carbocycles. The zero-order valence-electron chi connectivity index (χ0n) is 10.5. The molecule has 16 heavy (non-hydrogen) atoms. The first kappa shape index (κ1) is 12.2. The van der Waals surface area contributed by atoms with Crippen LogP contribution >= 0.6 is 11.8 Å². The zero-order valence-corrected chi connectivity index (χ0v) is 11.3. The van der Waals surface area contributed by atoms with Crippen molar-refractivity contribution < 1.29 is 0 Å². The fraction of sp³-hybridized carbons (Fsp3) is 0.917. The molecule has 0 radical (unpaired) electrons. The van der Waals surface area contributed by atoms with Crippen LogP contribution in [0.1, 0.15) is 32.1 Å². The van der Waals surface area contributed by atoms with Crippen LogP contribution < -0.4 is 5.32 Å². The van der Waals surface area contributed by atoms with E-state index in [1.54, 1.807) is 0 Å². The summed E-state index contributed by atoms with van der Waals surface area (Å²) in [6.45, 7) is 2.09. The van der Waals surface area contributed by atoms with E-state index in [-0.39, 0.29) is 0 Å². The van der Waals surface area contributed by atoms with E-state index in [0.717, 1.165) is 19.5 Å². The number of nitrogens with one attached hydrogen (secondary N) is 1. The van der Waals surface area contributed by atoms with Crippen molar-refractivity contribution >= 4 is 16.9 Å². The van der Waals surface area contributed by atoms with Gasteiger partial charge in [-0.15, -0.1) is 0 Å². The number of rotatable bonds is 4. The van der Waals surface area contributed by atoms with Gasteiger partial charge in [-0.1, -0.05) is 24.6 Å². The van der Waals surface area contributed by atoms with Crippen molar-refractivity contribution in [2.75, 3.05) is 32.9 Å². The van der Waals surface area contributed by atoms with Crippen LogP contribution in [0, 0.1) is 0 Å². The van der Waals surface area contributed by atoms with Gasteiger partial charge in [-0.3, -0.25) is 4.99 Å². The van der Waals surface area contributed by atoms with Crippen LogP contribution in [0.15, 0.2) is 4.99 Å². The molecule has 1 aliphatic heterocycles. The monoisotopic (exact) mass is 241 g/mol. The molecule has 0 unspecified atom stereocenters. The van der Waals surface area contributed by atoms with E-state index in [4.69, 9.17) is 0 Å². The minimum atomic E-state index is 0.422. The highest BCUT2D eigenvalue weighted by Crippen LogP contribution is 2.37. The molecule has 0 bridgehead atoms. The van der Waals surface area contributed by atoms with Gasteiger partial charge < -0.3 is 10.2 Å². The molecule has 1 N–H and O–H groups in total. The fourth-order valence-corrected chi connectivity index (χ4v) is 3.72. The Hall–Kier alpha value is -0.220. The molecule has 0 aromatic heterocycles. The Kier molecular flexibility index (Phi) is 4.14. The lowest BCUT2D eigenvalue weighted by atomic mass is 10.0. The summed E-state index contributed by atoms with van der Waals surface area (Å²) in [6, 6.07) is 0. The molecule has 3 nitrogen and oxygen atoms in total. The van der Waals surface area contributed by atoms with E-state index < -0.39 is 0 Å². The first-order valence-corrected chi connectivity index (χ1v) is 7.29. The van der Waals surface area contributed by atoms with Gasteiger partial charge in [0, 0.05) is 17.8 Å². The lowest BCUT2D eigenvalue weighted by molar-refractivity contribution is 0.403. The molecule has 0 atom stereocenters. The molecule has 0 aromatic carbocycles. The Bertz CT molecular complexity index is 257. The van der Waals surface area contributed by atoms with Crippen LogP contribution in [0.5, 0.6) is 0 Å². The summed E-state index contributed by atoms with van der Waals surface area (Å²) in [7, 11) is 4.23. The van der Waals surface area contributed by atoms with Crippen molar-refractivity contribution in [3.05, 3.63) is 0 Å². The van der Waals surface area contributed by atoms with Gasteiger partial charge >= 0.3 is 0 Å². The Morgan fingerprint density at radius 3 is 2.81 bits per heavy atom. The second-order valence-electron chi connectivity index (χ2n) is 5.24. The highest BCUT2D eigenvalue weighted by Gasteiger charge is 2.39. The molecule has 1 heterocycles. The van der Waals surface area contributed by atoms with Crippen molar-refractivity contribution in [2.24, 2.45) is 4.99 Å². The van der Waals surface area contributed by atoms with Crippen molar-refractivity contribution in [3.8, 4) is 0 Å². The Morgan fingerprint density at radius 1 is 1.38 bits per heavy atom. The largest absolute Gasteiger partial charge is 0.359 e. The molecule has 2 aliphatic rings. The van der Waals surface area contributed by atoms with E-state index >= 15 is 0 Å². The van der Waals surface area contributed by atoms with Crippen molar-refractivity contribution in [2.45, 2.75) is 37.6 Å². The Balaban J connectivity index is 1.73.